The summed E-state index contributed by atoms with van der Waals surface area (Å²) in [4.78, 5) is 68.9. The molecule has 1 unspecified atom stereocenters. The van der Waals surface area contributed by atoms with Crippen molar-refractivity contribution in [2.75, 3.05) is 33.9 Å². The third kappa shape index (κ3) is 7.69. The van der Waals surface area contributed by atoms with Gasteiger partial charge in [0.05, 0.1) is 49.8 Å². The number of aryl methyl sites for hydroxylation is 1. The lowest BCUT2D eigenvalue weighted by Crippen LogP contribution is -2.60. The Morgan fingerprint density at radius 1 is 0.833 bits per heavy atom. The third-order valence-electron chi connectivity index (χ3n) is 12.7. The lowest BCUT2D eigenvalue weighted by atomic mass is 9.94. The number of aliphatic imine (C=N–C) groups is 1. The first kappa shape index (κ1) is 42.3. The van der Waals surface area contributed by atoms with Gasteiger partial charge >= 0.3 is 12.2 Å². The Kier molecular flexibility index (Phi) is 11.7. The van der Waals surface area contributed by atoms with Crippen LogP contribution >= 0.6 is 0 Å². The first-order chi connectivity index (χ1) is 28.6. The van der Waals surface area contributed by atoms with E-state index in [9.17, 15) is 19.2 Å². The average Bonchev–Trinajstić information content (AvgIpc) is 4.08. The molecule has 0 radical (unpaired) electrons. The van der Waals surface area contributed by atoms with E-state index in [1.54, 1.807) is 6.20 Å². The predicted octanol–water partition coefficient (Wildman–Crippen LogP) is 6.82. The molecule has 2 saturated heterocycles. The number of amidine groups is 1. The second kappa shape index (κ2) is 16.7. The highest BCUT2D eigenvalue weighted by atomic mass is 16.5. The Morgan fingerprint density at radius 3 is 1.98 bits per heavy atom. The lowest BCUT2D eigenvalue weighted by Gasteiger charge is -2.38. The quantitative estimate of drug-likeness (QED) is 0.126. The van der Waals surface area contributed by atoms with Gasteiger partial charge in [0, 0.05) is 24.0 Å². The van der Waals surface area contributed by atoms with Crippen LogP contribution in [0.25, 0.3) is 33.4 Å². The van der Waals surface area contributed by atoms with Gasteiger partial charge in [0.1, 0.15) is 35.1 Å². The second-order valence-electron chi connectivity index (χ2n) is 17.4. The normalized spacial score (nSPS) is 22.5. The van der Waals surface area contributed by atoms with Gasteiger partial charge in [0.2, 0.25) is 11.8 Å². The maximum Gasteiger partial charge on any atom is 0.407 e. The van der Waals surface area contributed by atoms with Crippen molar-refractivity contribution in [3.05, 3.63) is 65.8 Å². The summed E-state index contributed by atoms with van der Waals surface area (Å²) in [5.74, 6) is 1.67. The molecule has 320 valence electrons. The van der Waals surface area contributed by atoms with Gasteiger partial charge in [-0.05, 0) is 87.1 Å². The summed E-state index contributed by atoms with van der Waals surface area (Å²) in [5.41, 5.74) is 4.19. The number of methoxy groups -OCH3 is 2. The molecule has 0 aliphatic carbocycles. The Labute approximate surface area is 351 Å². The number of aromatic nitrogens is 2. The van der Waals surface area contributed by atoms with Crippen molar-refractivity contribution < 1.29 is 33.1 Å². The van der Waals surface area contributed by atoms with Gasteiger partial charge in [-0.1, -0.05) is 58.0 Å². The van der Waals surface area contributed by atoms with E-state index >= 15 is 0 Å². The van der Waals surface area contributed by atoms with Crippen LogP contribution in [-0.2, 0) is 24.6 Å². The molecule has 4 amide bonds. The molecule has 60 heavy (non-hydrogen) atoms. The largest absolute Gasteiger partial charge is 0.461 e. The molecule has 5 atom stereocenters. The Morgan fingerprint density at radius 2 is 1.40 bits per heavy atom. The summed E-state index contributed by atoms with van der Waals surface area (Å²) in [6.07, 6.45) is 3.65. The van der Waals surface area contributed by atoms with Crippen LogP contribution in [0.15, 0.2) is 58.1 Å². The molecule has 7 rings (SSSR count). The van der Waals surface area contributed by atoms with Crippen molar-refractivity contribution >= 4 is 40.8 Å². The monoisotopic (exact) mass is 822 g/mol. The molecule has 5 heterocycles. The van der Waals surface area contributed by atoms with Crippen molar-refractivity contribution in [3.8, 4) is 22.4 Å². The number of benzene rings is 2. The summed E-state index contributed by atoms with van der Waals surface area (Å²) in [7, 11) is 2.58. The molecule has 0 saturated carbocycles. The zero-order valence-electron chi connectivity index (χ0n) is 36.1. The number of aromatic amines is 1. The standard InChI is InChI=1S/C45H58N8O7/c1-25(2)35(50-42(56)58-8)38(54)52-20-10-18-44(52,6)40-46-23-33(48-40)29-14-12-28(13-15-29)30-16-17-31(37-32(30)22-27(5)60-37)34-24-47-41(49-34)45(7)19-11-21-53(45)39(55)36(26(3)4)51-43(57)59-9/h12-17,22,24-26,33,35-36H,10-11,18-21,23H2,1-9H3,(H,46,48)(H,47,49)(H,50,56)(H,51,57)/t33?,35-,36-,44-,45-/m0/s1. The van der Waals surface area contributed by atoms with Crippen molar-refractivity contribution in [3.63, 3.8) is 0 Å². The smallest absolute Gasteiger partial charge is 0.407 e. The fourth-order valence-corrected chi connectivity index (χ4v) is 9.15. The molecule has 3 aliphatic heterocycles. The summed E-state index contributed by atoms with van der Waals surface area (Å²) in [6.45, 7) is 15.3. The van der Waals surface area contributed by atoms with E-state index in [-0.39, 0.29) is 29.7 Å². The number of fused-ring (bicyclic) bond motifs is 1. The zero-order valence-corrected chi connectivity index (χ0v) is 36.1. The van der Waals surface area contributed by atoms with Crippen LogP contribution in [-0.4, -0.2) is 101 Å². The molecule has 3 aliphatic rings. The van der Waals surface area contributed by atoms with Gasteiger partial charge in [0.15, 0.2) is 0 Å². The van der Waals surface area contributed by atoms with Crippen LogP contribution in [0.4, 0.5) is 9.59 Å². The maximum absolute atomic E-state index is 13.9. The molecular weight excluding hydrogens is 765 g/mol. The second-order valence-corrected chi connectivity index (χ2v) is 17.4. The van der Waals surface area contributed by atoms with Crippen molar-refractivity contribution in [2.24, 2.45) is 16.8 Å². The van der Waals surface area contributed by atoms with Crippen LogP contribution in [0, 0.1) is 18.8 Å². The Balaban J connectivity index is 1.08. The molecule has 0 spiro atoms. The average molecular weight is 823 g/mol. The molecule has 4 N–H and O–H groups in total. The van der Waals surface area contributed by atoms with E-state index in [1.165, 1.54) is 14.2 Å². The number of H-pyrrole nitrogens is 1. The summed E-state index contributed by atoms with van der Waals surface area (Å²) in [6, 6.07) is 13.2. The van der Waals surface area contributed by atoms with E-state index in [4.69, 9.17) is 23.9 Å². The molecule has 2 aromatic carbocycles. The van der Waals surface area contributed by atoms with E-state index in [2.05, 4.69) is 64.3 Å². The minimum Gasteiger partial charge on any atom is -0.461 e. The first-order valence-electron chi connectivity index (χ1n) is 20.9. The number of hydrogen-bond donors (Lipinski definition) is 4. The molecule has 2 aromatic heterocycles. The van der Waals surface area contributed by atoms with Crippen LogP contribution < -0.4 is 16.0 Å². The summed E-state index contributed by atoms with van der Waals surface area (Å²) < 4.78 is 16.0. The number of furan rings is 1. The number of carbonyl (C=O) groups excluding carboxylic acids is 4. The van der Waals surface area contributed by atoms with Crippen LogP contribution in [0.5, 0.6) is 0 Å². The highest BCUT2D eigenvalue weighted by Gasteiger charge is 2.48. The van der Waals surface area contributed by atoms with Crippen molar-refractivity contribution in [1.29, 1.82) is 0 Å². The summed E-state index contributed by atoms with van der Waals surface area (Å²) >= 11 is 0. The molecule has 15 heteroatoms. The lowest BCUT2D eigenvalue weighted by molar-refractivity contribution is -0.139. The van der Waals surface area contributed by atoms with Gasteiger partial charge in [-0.2, -0.15) is 0 Å². The van der Waals surface area contributed by atoms with Crippen molar-refractivity contribution in [2.45, 2.75) is 103 Å². The molecule has 0 bridgehead atoms. The SMILES string of the molecule is COC(=O)N[C@H](C(=O)N1CCC[C@@]1(C)C1=NCC(c2ccc(-c3ccc(-c4cnc([C@]5(C)CCCN5C(=O)[C@@H](NC(=O)OC)C(C)C)[nH]4)c4oc(C)cc34)cc2)N1)C(C)C. The number of likely N-dealkylation sites (tertiary alicyclic amines) is 2. The minimum atomic E-state index is -0.734. The minimum absolute atomic E-state index is 0.0565. The number of carbonyl (C=O) groups is 4. The van der Waals surface area contributed by atoms with Gasteiger partial charge in [0.25, 0.3) is 0 Å². The number of rotatable bonds is 11. The maximum atomic E-state index is 13.9. The Hall–Kier alpha value is -5.86. The van der Waals surface area contributed by atoms with E-state index in [0.29, 0.717) is 25.5 Å². The summed E-state index contributed by atoms with van der Waals surface area (Å²) in [5, 5.41) is 10.1. The number of imidazole rings is 1. The first-order valence-corrected chi connectivity index (χ1v) is 20.9. The van der Waals surface area contributed by atoms with Gasteiger partial charge in [-0.3, -0.25) is 14.6 Å². The molecule has 2 fully saturated rings. The van der Waals surface area contributed by atoms with Gasteiger partial charge in [-0.15, -0.1) is 0 Å². The van der Waals surface area contributed by atoms with Crippen LogP contribution in [0.3, 0.4) is 0 Å². The van der Waals surface area contributed by atoms with E-state index < -0.39 is 35.3 Å². The topological polar surface area (TPSA) is 183 Å². The Bertz CT molecular complexity index is 2300. The molecular formula is C45H58N8O7. The van der Waals surface area contributed by atoms with Crippen LogP contribution in [0.2, 0.25) is 0 Å². The number of amides is 4. The van der Waals surface area contributed by atoms with E-state index in [1.807, 2.05) is 57.4 Å². The van der Waals surface area contributed by atoms with Gasteiger partial charge < -0.3 is 44.6 Å². The third-order valence-corrected chi connectivity index (χ3v) is 12.7. The molecule has 4 aromatic rings. The van der Waals surface area contributed by atoms with E-state index in [0.717, 1.165) is 76.2 Å². The predicted molar refractivity (Wildman–Crippen MR) is 228 cm³/mol. The number of nitrogens with one attached hydrogen (secondary N) is 4. The number of hydrogen-bond acceptors (Lipinski definition) is 10. The zero-order chi connectivity index (χ0) is 43.1. The highest BCUT2D eigenvalue weighted by molar-refractivity contribution is 6.02. The number of ether oxygens (including phenoxy) is 2. The highest BCUT2D eigenvalue weighted by Crippen LogP contribution is 2.42. The van der Waals surface area contributed by atoms with Crippen molar-refractivity contribution in [1.82, 2.24) is 35.7 Å². The fourth-order valence-electron chi connectivity index (χ4n) is 9.15. The molecule has 15 nitrogen and oxygen atoms in total. The number of alkyl carbamates (subject to hydrolysis) is 2. The van der Waals surface area contributed by atoms with Gasteiger partial charge in [-0.25, -0.2) is 14.6 Å². The fraction of sp³-hybridized carbons (Fsp3) is 0.511. The van der Waals surface area contributed by atoms with Crippen LogP contribution in [0.1, 0.15) is 90.4 Å². The number of nitrogens with zero attached hydrogens (tertiary/aromatic N) is 4.